The first-order valence-corrected chi connectivity index (χ1v) is 11.2. The second-order valence-electron chi connectivity index (χ2n) is 7.09. The van der Waals surface area contributed by atoms with E-state index >= 15 is 0 Å². The third-order valence-corrected chi connectivity index (χ3v) is 5.89. The first kappa shape index (κ1) is 24.2. The monoisotopic (exact) mass is 572 g/mol. The van der Waals surface area contributed by atoms with Crippen LogP contribution in [0.25, 0.3) is 6.08 Å². The quantitative estimate of drug-likeness (QED) is 0.166. The molecular formula is C23H18Br2N4O4. The van der Waals surface area contributed by atoms with E-state index in [-0.39, 0.29) is 17.9 Å². The maximum atomic E-state index is 12.6. The number of carbonyl (C=O) groups is 1. The van der Waals surface area contributed by atoms with Crippen LogP contribution >= 0.6 is 31.9 Å². The van der Waals surface area contributed by atoms with E-state index < -0.39 is 10.8 Å². The molecule has 0 unspecified atom stereocenters. The summed E-state index contributed by atoms with van der Waals surface area (Å²) >= 11 is 6.92. The number of aryl methyl sites for hydroxylation is 2. The van der Waals surface area contributed by atoms with E-state index in [0.29, 0.717) is 20.3 Å². The molecule has 1 aromatic heterocycles. The summed E-state index contributed by atoms with van der Waals surface area (Å²) in [6.07, 6.45) is 1.49. The molecule has 1 heterocycles. The lowest BCUT2D eigenvalue weighted by Gasteiger charge is -2.12. The Morgan fingerprint density at radius 1 is 1.15 bits per heavy atom. The van der Waals surface area contributed by atoms with Gasteiger partial charge in [0.2, 0.25) is 0 Å². The number of nitriles is 1. The minimum Gasteiger partial charge on any atom is -0.487 e. The summed E-state index contributed by atoms with van der Waals surface area (Å²) in [6.45, 7) is 3.91. The number of nitrogens with zero attached hydrogens (tertiary/aromatic N) is 3. The van der Waals surface area contributed by atoms with Gasteiger partial charge in [-0.15, -0.1) is 0 Å². The second-order valence-corrected chi connectivity index (χ2v) is 8.80. The Balaban J connectivity index is 1.76. The summed E-state index contributed by atoms with van der Waals surface area (Å²) in [7, 11) is 0. The molecule has 0 radical (unpaired) electrons. The van der Waals surface area contributed by atoms with Crippen LogP contribution in [0.4, 0.5) is 5.69 Å². The molecule has 0 atom stereocenters. The van der Waals surface area contributed by atoms with Gasteiger partial charge in [-0.25, -0.2) is 0 Å². The molecule has 10 heteroatoms. The van der Waals surface area contributed by atoms with Gasteiger partial charge < -0.3 is 4.74 Å². The van der Waals surface area contributed by atoms with E-state index in [4.69, 9.17) is 4.74 Å². The molecule has 0 aliphatic heterocycles. The molecule has 0 aliphatic carbocycles. The van der Waals surface area contributed by atoms with Gasteiger partial charge in [0.25, 0.3) is 11.6 Å². The number of halogens is 2. The van der Waals surface area contributed by atoms with Crippen LogP contribution in [0.2, 0.25) is 0 Å². The number of nitro benzene ring substituents is 1. The number of hydrogen-bond donors (Lipinski definition) is 1. The molecule has 0 fully saturated rings. The number of nitro groups is 1. The Hall–Kier alpha value is -3.42. The summed E-state index contributed by atoms with van der Waals surface area (Å²) in [5.74, 6) is -0.00213. The van der Waals surface area contributed by atoms with Crippen LogP contribution in [0.3, 0.4) is 0 Å². The number of hydrogen-bond acceptors (Lipinski definition) is 5. The number of ether oxygens (including phenoxy) is 1. The molecule has 168 valence electrons. The third kappa shape index (κ3) is 5.88. The number of aromatic nitrogens is 1. The molecule has 3 aromatic rings. The predicted molar refractivity (Wildman–Crippen MR) is 131 cm³/mol. The number of rotatable bonds is 7. The molecule has 0 saturated heterocycles. The van der Waals surface area contributed by atoms with E-state index in [1.807, 2.05) is 32.0 Å². The number of benzene rings is 2. The van der Waals surface area contributed by atoms with Gasteiger partial charge in [-0.3, -0.25) is 25.0 Å². The molecule has 0 saturated carbocycles. The van der Waals surface area contributed by atoms with Crippen molar-refractivity contribution in [2.45, 2.75) is 20.5 Å². The first-order chi connectivity index (χ1) is 15.7. The Labute approximate surface area is 206 Å². The van der Waals surface area contributed by atoms with Crippen LogP contribution in [-0.4, -0.2) is 15.5 Å². The minimum absolute atomic E-state index is 0.0108. The highest BCUT2D eigenvalue weighted by atomic mass is 79.9. The average molecular weight is 574 g/mol. The number of nitrogens with one attached hydrogen (secondary N) is 1. The van der Waals surface area contributed by atoms with E-state index in [0.717, 1.165) is 17.0 Å². The zero-order valence-corrected chi connectivity index (χ0v) is 20.8. The highest BCUT2D eigenvalue weighted by molar-refractivity contribution is 9.11. The van der Waals surface area contributed by atoms with Crippen LogP contribution < -0.4 is 10.2 Å². The fraction of sp³-hybridized carbons (Fsp3) is 0.130. The van der Waals surface area contributed by atoms with Gasteiger partial charge in [-0.05, 0) is 99.3 Å². The smallest absolute Gasteiger partial charge is 0.280 e. The molecule has 1 amide bonds. The number of amides is 1. The van der Waals surface area contributed by atoms with Gasteiger partial charge in [-0.2, -0.15) is 5.26 Å². The summed E-state index contributed by atoms with van der Waals surface area (Å²) in [5, 5.41) is 20.3. The second kappa shape index (κ2) is 10.5. The van der Waals surface area contributed by atoms with E-state index in [2.05, 4.69) is 37.3 Å². The molecule has 2 aromatic carbocycles. The zero-order chi connectivity index (χ0) is 24.1. The van der Waals surface area contributed by atoms with Gasteiger partial charge in [-0.1, -0.05) is 0 Å². The highest BCUT2D eigenvalue weighted by Gasteiger charge is 2.14. The Morgan fingerprint density at radius 3 is 2.24 bits per heavy atom. The summed E-state index contributed by atoms with van der Waals surface area (Å²) in [6, 6.07) is 15.2. The van der Waals surface area contributed by atoms with Crippen molar-refractivity contribution in [3.05, 3.63) is 95.7 Å². The van der Waals surface area contributed by atoms with Crippen molar-refractivity contribution in [1.82, 2.24) is 4.68 Å². The SMILES string of the molecule is Cc1ccc(C)n1NC(=O)/C(C#N)=C\c1cc(Br)c(OCc2ccc([N+](=O)[O-])cc2)c(Br)c1. The van der Waals surface area contributed by atoms with Crippen molar-refractivity contribution in [1.29, 1.82) is 5.26 Å². The third-order valence-electron chi connectivity index (χ3n) is 4.71. The Bertz CT molecular complexity index is 1250. The van der Waals surface area contributed by atoms with E-state index in [9.17, 15) is 20.2 Å². The zero-order valence-electron chi connectivity index (χ0n) is 17.6. The fourth-order valence-corrected chi connectivity index (χ4v) is 4.44. The highest BCUT2D eigenvalue weighted by Crippen LogP contribution is 2.36. The van der Waals surface area contributed by atoms with Crippen LogP contribution in [0.15, 0.2) is 63.0 Å². The van der Waals surface area contributed by atoms with Crippen LogP contribution in [-0.2, 0) is 11.4 Å². The Morgan fingerprint density at radius 2 is 1.73 bits per heavy atom. The lowest BCUT2D eigenvalue weighted by Crippen LogP contribution is -2.25. The summed E-state index contributed by atoms with van der Waals surface area (Å²) in [4.78, 5) is 22.9. The van der Waals surface area contributed by atoms with Crippen LogP contribution in [0.1, 0.15) is 22.5 Å². The van der Waals surface area contributed by atoms with Crippen molar-refractivity contribution < 1.29 is 14.5 Å². The predicted octanol–water partition coefficient (Wildman–Crippen LogP) is 5.79. The number of carbonyl (C=O) groups excluding carboxylic acids is 1. The van der Waals surface area contributed by atoms with Crippen molar-refractivity contribution in [3.8, 4) is 11.8 Å². The molecule has 0 bridgehead atoms. The topological polar surface area (TPSA) is 110 Å². The molecule has 0 spiro atoms. The summed E-state index contributed by atoms with van der Waals surface area (Å²) < 4.78 is 8.69. The van der Waals surface area contributed by atoms with Gasteiger partial charge in [0.1, 0.15) is 24.0 Å². The van der Waals surface area contributed by atoms with Crippen molar-refractivity contribution in [2.75, 3.05) is 5.43 Å². The minimum atomic E-state index is -0.523. The normalized spacial score (nSPS) is 11.1. The van der Waals surface area contributed by atoms with Crippen molar-refractivity contribution in [2.24, 2.45) is 0 Å². The lowest BCUT2D eigenvalue weighted by atomic mass is 10.1. The average Bonchev–Trinajstić information content (AvgIpc) is 3.09. The maximum Gasteiger partial charge on any atom is 0.280 e. The molecule has 1 N–H and O–H groups in total. The molecular weight excluding hydrogens is 556 g/mol. The number of non-ortho nitro benzene ring substituents is 1. The largest absolute Gasteiger partial charge is 0.487 e. The van der Waals surface area contributed by atoms with Gasteiger partial charge in [0.15, 0.2) is 0 Å². The summed E-state index contributed by atoms with van der Waals surface area (Å²) in [5.41, 5.74) is 5.74. The van der Waals surface area contributed by atoms with Crippen LogP contribution in [0.5, 0.6) is 5.75 Å². The van der Waals surface area contributed by atoms with Crippen LogP contribution in [0, 0.1) is 35.3 Å². The molecule has 33 heavy (non-hydrogen) atoms. The van der Waals surface area contributed by atoms with Gasteiger partial charge in [0, 0.05) is 23.5 Å². The lowest BCUT2D eigenvalue weighted by molar-refractivity contribution is -0.384. The first-order valence-electron chi connectivity index (χ1n) is 9.63. The molecule has 0 aliphatic rings. The standard InChI is InChI=1S/C23H18Br2N4O4/c1-14-3-4-15(2)28(14)27-23(30)18(12-26)9-17-10-20(24)22(21(25)11-17)33-13-16-5-7-19(8-6-16)29(31)32/h3-11H,13H2,1-2H3,(H,27,30)/b18-9-. The molecule has 8 nitrogen and oxygen atoms in total. The Kier molecular flexibility index (Phi) is 7.68. The van der Waals surface area contributed by atoms with Gasteiger partial charge >= 0.3 is 0 Å². The van der Waals surface area contributed by atoms with E-state index in [1.54, 1.807) is 28.9 Å². The van der Waals surface area contributed by atoms with Gasteiger partial charge in [0.05, 0.1) is 13.9 Å². The maximum absolute atomic E-state index is 12.6. The fourth-order valence-electron chi connectivity index (χ4n) is 2.99. The van der Waals surface area contributed by atoms with E-state index in [1.165, 1.54) is 18.2 Å². The molecule has 3 rings (SSSR count). The van der Waals surface area contributed by atoms with Crippen molar-refractivity contribution in [3.63, 3.8) is 0 Å². The van der Waals surface area contributed by atoms with Crippen molar-refractivity contribution >= 4 is 49.5 Å².